The second-order valence-electron chi connectivity index (χ2n) is 7.49. The highest BCUT2D eigenvalue weighted by Crippen LogP contribution is 2.42. The van der Waals surface area contributed by atoms with Gasteiger partial charge in [-0.15, -0.1) is 0 Å². The fourth-order valence-electron chi connectivity index (χ4n) is 4.08. The van der Waals surface area contributed by atoms with Crippen molar-refractivity contribution in [2.75, 3.05) is 11.5 Å². The molecule has 1 aromatic heterocycles. The van der Waals surface area contributed by atoms with E-state index in [9.17, 15) is 14.0 Å². The Labute approximate surface area is 197 Å². The molecule has 1 atom stereocenters. The van der Waals surface area contributed by atoms with Crippen LogP contribution in [-0.4, -0.2) is 12.5 Å². The lowest BCUT2D eigenvalue weighted by molar-refractivity contribution is 0.0971. The standard InChI is InChI=1S/C25H16Cl2FNO4/c1-2-32-16-7-5-15(6-8-16)29-22(13-3-9-18(26)19(27)11-13)21-23(30)17-12-14(28)4-10-20(17)33-24(21)25(29)31/h3-12,22H,2H2,1H3. The zero-order valence-electron chi connectivity index (χ0n) is 17.3. The number of ether oxygens (including phenoxy) is 1. The summed E-state index contributed by atoms with van der Waals surface area (Å²) in [6.07, 6.45) is 0. The number of amides is 1. The SMILES string of the molecule is CCOc1ccc(N2C(=O)c3oc4ccc(F)cc4c(=O)c3C2c2ccc(Cl)c(Cl)c2)cc1. The molecule has 0 N–H and O–H groups in total. The van der Waals surface area contributed by atoms with Crippen molar-refractivity contribution < 1.29 is 18.3 Å². The van der Waals surface area contributed by atoms with Crippen molar-refractivity contribution in [3.63, 3.8) is 0 Å². The molecule has 1 aliphatic rings. The quantitative estimate of drug-likeness (QED) is 0.337. The van der Waals surface area contributed by atoms with Gasteiger partial charge >= 0.3 is 0 Å². The van der Waals surface area contributed by atoms with Gasteiger partial charge in [0, 0.05) is 5.69 Å². The molecule has 1 aliphatic heterocycles. The van der Waals surface area contributed by atoms with E-state index in [4.69, 9.17) is 32.4 Å². The Morgan fingerprint density at radius 2 is 1.76 bits per heavy atom. The van der Waals surface area contributed by atoms with Crippen LogP contribution in [-0.2, 0) is 0 Å². The third-order valence-corrected chi connectivity index (χ3v) is 6.26. The largest absolute Gasteiger partial charge is 0.494 e. The third-order valence-electron chi connectivity index (χ3n) is 5.52. The number of halogens is 3. The van der Waals surface area contributed by atoms with Crippen LogP contribution in [0.1, 0.15) is 34.6 Å². The van der Waals surface area contributed by atoms with Crippen molar-refractivity contribution >= 4 is 45.8 Å². The van der Waals surface area contributed by atoms with E-state index in [1.54, 1.807) is 42.5 Å². The summed E-state index contributed by atoms with van der Waals surface area (Å²) < 4.78 is 25.2. The molecule has 3 aromatic carbocycles. The number of carbonyl (C=O) groups excluding carboxylic acids is 1. The Morgan fingerprint density at radius 3 is 2.45 bits per heavy atom. The van der Waals surface area contributed by atoms with Crippen LogP contribution < -0.4 is 15.1 Å². The molecule has 0 spiro atoms. The average molecular weight is 484 g/mol. The Kier molecular flexibility index (Phi) is 5.35. The molecule has 1 amide bonds. The highest BCUT2D eigenvalue weighted by Gasteiger charge is 2.43. The van der Waals surface area contributed by atoms with Crippen LogP contribution in [0.5, 0.6) is 5.75 Å². The number of nitrogens with zero attached hydrogens (tertiary/aromatic N) is 1. The van der Waals surface area contributed by atoms with Crippen LogP contribution >= 0.6 is 23.2 Å². The fourth-order valence-corrected chi connectivity index (χ4v) is 4.39. The number of fused-ring (bicyclic) bond motifs is 2. The highest BCUT2D eigenvalue weighted by atomic mass is 35.5. The molecule has 0 bridgehead atoms. The van der Waals surface area contributed by atoms with E-state index in [0.717, 1.165) is 6.07 Å². The van der Waals surface area contributed by atoms with Crippen molar-refractivity contribution in [2.24, 2.45) is 0 Å². The van der Waals surface area contributed by atoms with Crippen LogP contribution in [0.4, 0.5) is 10.1 Å². The summed E-state index contributed by atoms with van der Waals surface area (Å²) in [4.78, 5) is 28.5. The second kappa shape index (κ2) is 8.21. The zero-order valence-corrected chi connectivity index (χ0v) is 18.8. The zero-order chi connectivity index (χ0) is 23.3. The number of rotatable bonds is 4. The van der Waals surface area contributed by atoms with Gasteiger partial charge in [0.05, 0.1) is 33.6 Å². The molecule has 5 nitrogen and oxygen atoms in total. The Hall–Kier alpha value is -3.35. The van der Waals surface area contributed by atoms with Gasteiger partial charge in [-0.25, -0.2) is 4.39 Å². The van der Waals surface area contributed by atoms with Gasteiger partial charge in [0.15, 0.2) is 5.43 Å². The van der Waals surface area contributed by atoms with Crippen molar-refractivity contribution in [1.82, 2.24) is 0 Å². The maximum atomic E-state index is 13.9. The topological polar surface area (TPSA) is 59.8 Å². The summed E-state index contributed by atoms with van der Waals surface area (Å²) in [5.41, 5.74) is 0.859. The Morgan fingerprint density at radius 1 is 1.00 bits per heavy atom. The highest BCUT2D eigenvalue weighted by molar-refractivity contribution is 6.42. The predicted molar refractivity (Wildman–Crippen MR) is 125 cm³/mol. The number of hydrogen-bond donors (Lipinski definition) is 0. The van der Waals surface area contributed by atoms with E-state index in [0.29, 0.717) is 28.6 Å². The summed E-state index contributed by atoms with van der Waals surface area (Å²) in [6.45, 7) is 2.38. The summed E-state index contributed by atoms with van der Waals surface area (Å²) in [5.74, 6) is -0.516. The molecule has 0 radical (unpaired) electrons. The van der Waals surface area contributed by atoms with Crippen molar-refractivity contribution in [3.8, 4) is 5.75 Å². The summed E-state index contributed by atoms with van der Waals surface area (Å²) in [6, 6.07) is 14.6. The van der Waals surface area contributed by atoms with Gasteiger partial charge in [0.25, 0.3) is 5.91 Å². The molecule has 0 aliphatic carbocycles. The first-order valence-electron chi connectivity index (χ1n) is 10.2. The van der Waals surface area contributed by atoms with Gasteiger partial charge in [0.2, 0.25) is 5.76 Å². The maximum absolute atomic E-state index is 13.9. The molecular formula is C25H16Cl2FNO4. The monoisotopic (exact) mass is 483 g/mol. The number of benzene rings is 3. The normalized spacial score (nSPS) is 15.2. The number of anilines is 1. The van der Waals surface area contributed by atoms with Crippen LogP contribution in [0, 0.1) is 5.82 Å². The molecule has 5 rings (SSSR count). The summed E-state index contributed by atoms with van der Waals surface area (Å²) >= 11 is 12.4. The lowest BCUT2D eigenvalue weighted by Gasteiger charge is -2.25. The molecule has 166 valence electrons. The van der Waals surface area contributed by atoms with E-state index in [1.165, 1.54) is 17.0 Å². The van der Waals surface area contributed by atoms with E-state index in [-0.39, 0.29) is 27.3 Å². The van der Waals surface area contributed by atoms with Gasteiger partial charge in [-0.05, 0) is 67.1 Å². The smallest absolute Gasteiger partial charge is 0.295 e. The lowest BCUT2D eigenvalue weighted by atomic mass is 9.98. The van der Waals surface area contributed by atoms with E-state index < -0.39 is 23.2 Å². The first kappa shape index (κ1) is 21.5. The average Bonchev–Trinajstić information content (AvgIpc) is 3.09. The van der Waals surface area contributed by atoms with Gasteiger partial charge < -0.3 is 9.15 Å². The van der Waals surface area contributed by atoms with Gasteiger partial charge in [-0.2, -0.15) is 0 Å². The van der Waals surface area contributed by atoms with Crippen LogP contribution in [0.3, 0.4) is 0 Å². The molecule has 0 saturated heterocycles. The maximum Gasteiger partial charge on any atom is 0.295 e. The minimum Gasteiger partial charge on any atom is -0.494 e. The van der Waals surface area contributed by atoms with Crippen LogP contribution in [0.25, 0.3) is 11.0 Å². The van der Waals surface area contributed by atoms with Gasteiger partial charge in [-0.3, -0.25) is 14.5 Å². The Balaban J connectivity index is 1.76. The molecule has 1 unspecified atom stereocenters. The third kappa shape index (κ3) is 3.56. The lowest BCUT2D eigenvalue weighted by Crippen LogP contribution is -2.29. The fraction of sp³-hybridized carbons (Fsp3) is 0.120. The Bertz CT molecular complexity index is 1470. The summed E-state index contributed by atoms with van der Waals surface area (Å²) in [5, 5.41) is 0.670. The minimum absolute atomic E-state index is 0.0557. The predicted octanol–water partition coefficient (Wildman–Crippen LogP) is 6.39. The van der Waals surface area contributed by atoms with Crippen LogP contribution in [0.15, 0.2) is 69.9 Å². The molecule has 0 fully saturated rings. The van der Waals surface area contributed by atoms with Crippen molar-refractivity contribution in [2.45, 2.75) is 13.0 Å². The second-order valence-corrected chi connectivity index (χ2v) is 8.31. The van der Waals surface area contributed by atoms with E-state index in [2.05, 4.69) is 0 Å². The van der Waals surface area contributed by atoms with Gasteiger partial charge in [-0.1, -0.05) is 29.3 Å². The van der Waals surface area contributed by atoms with Crippen molar-refractivity contribution in [1.29, 1.82) is 0 Å². The van der Waals surface area contributed by atoms with Crippen molar-refractivity contribution in [3.05, 3.63) is 104 Å². The number of hydrogen-bond acceptors (Lipinski definition) is 4. The van der Waals surface area contributed by atoms with E-state index in [1.807, 2.05) is 6.92 Å². The molecule has 0 saturated carbocycles. The summed E-state index contributed by atoms with van der Waals surface area (Å²) in [7, 11) is 0. The van der Waals surface area contributed by atoms with Gasteiger partial charge in [0.1, 0.15) is 17.1 Å². The molecule has 33 heavy (non-hydrogen) atoms. The molecule has 4 aromatic rings. The minimum atomic E-state index is -0.843. The molecule has 8 heteroatoms. The first-order valence-corrected chi connectivity index (χ1v) is 10.9. The molecule has 2 heterocycles. The molecular weight excluding hydrogens is 468 g/mol. The first-order chi connectivity index (χ1) is 15.9. The van der Waals surface area contributed by atoms with E-state index >= 15 is 0 Å². The number of carbonyl (C=O) groups is 1. The van der Waals surface area contributed by atoms with Crippen LogP contribution in [0.2, 0.25) is 10.0 Å².